The van der Waals surface area contributed by atoms with E-state index in [2.05, 4.69) is 25.3 Å². The molecule has 0 aliphatic carbocycles. The smallest absolute Gasteiger partial charge is 0.329 e. The van der Waals surface area contributed by atoms with E-state index in [1.165, 1.54) is 0 Å². The summed E-state index contributed by atoms with van der Waals surface area (Å²) in [6.45, 7) is 14.9. The lowest BCUT2D eigenvalue weighted by molar-refractivity contribution is -0.159. The van der Waals surface area contributed by atoms with Crippen LogP contribution in [0.5, 0.6) is 0 Å². The quantitative estimate of drug-likeness (QED) is 0.709. The Hall–Kier alpha value is -0.990. The predicted octanol–water partition coefficient (Wildman–Crippen LogP) is 2.96. The van der Waals surface area contributed by atoms with Gasteiger partial charge in [-0.15, -0.1) is 0 Å². The highest BCUT2D eigenvalue weighted by molar-refractivity contribution is 5.76. The van der Waals surface area contributed by atoms with Crippen molar-refractivity contribution in [3.63, 3.8) is 0 Å². The number of rotatable bonds is 3. The van der Waals surface area contributed by atoms with Crippen molar-refractivity contribution in [2.45, 2.75) is 59.1 Å². The molecule has 0 N–H and O–H groups in total. The maximum absolute atomic E-state index is 12.1. The Labute approximate surface area is 105 Å². The lowest BCUT2D eigenvalue weighted by atomic mass is 10.1. The number of nitrogens with zero attached hydrogens (tertiary/aromatic N) is 1. The SMILES string of the molecule is C=C(C(C)C)N1CCCC1C(=O)OC(C)(C)C. The molecule has 0 aromatic carbocycles. The molecule has 3 heteroatoms. The molecule has 0 amide bonds. The zero-order valence-electron chi connectivity index (χ0n) is 11.7. The van der Waals surface area contributed by atoms with Gasteiger partial charge in [-0.25, -0.2) is 4.79 Å². The van der Waals surface area contributed by atoms with E-state index in [1.807, 2.05) is 20.8 Å². The minimum atomic E-state index is -0.412. The molecular formula is C14H25NO2. The van der Waals surface area contributed by atoms with Gasteiger partial charge in [0.2, 0.25) is 0 Å². The van der Waals surface area contributed by atoms with Crippen LogP contribution < -0.4 is 0 Å². The molecule has 0 saturated carbocycles. The van der Waals surface area contributed by atoms with Gasteiger partial charge in [-0.05, 0) is 39.5 Å². The molecule has 0 radical (unpaired) electrons. The fourth-order valence-electron chi connectivity index (χ4n) is 2.06. The number of likely N-dealkylation sites (tertiary alicyclic amines) is 1. The summed E-state index contributed by atoms with van der Waals surface area (Å²) >= 11 is 0. The van der Waals surface area contributed by atoms with Gasteiger partial charge in [0.05, 0.1) is 0 Å². The lowest BCUT2D eigenvalue weighted by Gasteiger charge is -2.31. The van der Waals surface area contributed by atoms with Gasteiger partial charge in [0, 0.05) is 12.2 Å². The van der Waals surface area contributed by atoms with E-state index < -0.39 is 5.60 Å². The van der Waals surface area contributed by atoms with Crippen LogP contribution in [-0.2, 0) is 9.53 Å². The third-order valence-corrected chi connectivity index (χ3v) is 2.97. The zero-order chi connectivity index (χ0) is 13.2. The summed E-state index contributed by atoms with van der Waals surface area (Å²) in [5.74, 6) is 0.259. The molecule has 1 fully saturated rings. The van der Waals surface area contributed by atoms with Crippen molar-refractivity contribution in [3.8, 4) is 0 Å². The molecule has 1 heterocycles. The average molecular weight is 239 g/mol. The normalized spacial score (nSPS) is 20.8. The predicted molar refractivity (Wildman–Crippen MR) is 69.6 cm³/mol. The van der Waals surface area contributed by atoms with Crippen LogP contribution in [0.2, 0.25) is 0 Å². The van der Waals surface area contributed by atoms with E-state index >= 15 is 0 Å². The Morgan fingerprint density at radius 1 is 1.41 bits per heavy atom. The number of carbonyl (C=O) groups is 1. The summed E-state index contributed by atoms with van der Waals surface area (Å²) in [6, 6.07) is -0.135. The van der Waals surface area contributed by atoms with E-state index in [9.17, 15) is 4.79 Å². The van der Waals surface area contributed by atoms with Crippen LogP contribution in [0, 0.1) is 5.92 Å². The van der Waals surface area contributed by atoms with Crippen molar-refractivity contribution in [1.29, 1.82) is 0 Å². The second-order valence-corrected chi connectivity index (χ2v) is 6.03. The first-order chi connectivity index (χ1) is 7.72. The summed E-state index contributed by atoms with van der Waals surface area (Å²) in [5, 5.41) is 0. The Morgan fingerprint density at radius 2 is 2.00 bits per heavy atom. The molecule has 1 unspecified atom stereocenters. The number of carbonyl (C=O) groups excluding carboxylic acids is 1. The average Bonchev–Trinajstić information content (AvgIpc) is 2.61. The third-order valence-electron chi connectivity index (χ3n) is 2.97. The van der Waals surface area contributed by atoms with Crippen LogP contribution in [0.4, 0.5) is 0 Å². The highest BCUT2D eigenvalue weighted by atomic mass is 16.6. The van der Waals surface area contributed by atoms with Crippen LogP contribution in [0.3, 0.4) is 0 Å². The summed E-state index contributed by atoms with van der Waals surface area (Å²) in [5.41, 5.74) is 0.628. The summed E-state index contributed by atoms with van der Waals surface area (Å²) in [4.78, 5) is 14.2. The van der Waals surface area contributed by atoms with E-state index in [1.54, 1.807) is 0 Å². The Morgan fingerprint density at radius 3 is 2.47 bits per heavy atom. The summed E-state index contributed by atoms with van der Waals surface area (Å²) < 4.78 is 5.46. The maximum atomic E-state index is 12.1. The van der Waals surface area contributed by atoms with Crippen molar-refractivity contribution in [1.82, 2.24) is 4.90 Å². The van der Waals surface area contributed by atoms with Crippen LogP contribution >= 0.6 is 0 Å². The molecular weight excluding hydrogens is 214 g/mol. The fourth-order valence-corrected chi connectivity index (χ4v) is 2.06. The van der Waals surface area contributed by atoms with Crippen LogP contribution in [0.15, 0.2) is 12.3 Å². The number of allylic oxidation sites excluding steroid dienone is 1. The molecule has 1 aliphatic rings. The van der Waals surface area contributed by atoms with Gasteiger partial charge < -0.3 is 9.64 Å². The van der Waals surface area contributed by atoms with Crippen molar-refractivity contribution in [3.05, 3.63) is 12.3 Å². The Kier molecular flexibility index (Phi) is 4.23. The number of hydrogen-bond acceptors (Lipinski definition) is 3. The largest absolute Gasteiger partial charge is 0.458 e. The van der Waals surface area contributed by atoms with Crippen molar-refractivity contribution >= 4 is 5.97 Å². The molecule has 3 nitrogen and oxygen atoms in total. The number of ether oxygens (including phenoxy) is 1. The van der Waals surface area contributed by atoms with E-state index in [0.29, 0.717) is 5.92 Å². The second-order valence-electron chi connectivity index (χ2n) is 6.03. The molecule has 0 aromatic heterocycles. The standard InChI is InChI=1S/C14H25NO2/c1-10(2)11(3)15-9-7-8-12(15)13(16)17-14(4,5)6/h10,12H,3,7-9H2,1-2,4-6H3. The Balaban J connectivity index is 2.70. The summed E-state index contributed by atoms with van der Waals surface area (Å²) in [6.07, 6.45) is 1.91. The lowest BCUT2D eigenvalue weighted by Crippen LogP contribution is -2.40. The van der Waals surface area contributed by atoms with Crippen molar-refractivity contribution in [2.75, 3.05) is 6.54 Å². The molecule has 0 bridgehead atoms. The minimum absolute atomic E-state index is 0.114. The molecule has 1 atom stereocenters. The van der Waals surface area contributed by atoms with E-state index in [4.69, 9.17) is 4.74 Å². The van der Waals surface area contributed by atoms with Crippen molar-refractivity contribution in [2.24, 2.45) is 5.92 Å². The van der Waals surface area contributed by atoms with Crippen LogP contribution in [-0.4, -0.2) is 29.1 Å². The second kappa shape index (κ2) is 5.11. The highest BCUT2D eigenvalue weighted by Gasteiger charge is 2.35. The van der Waals surface area contributed by atoms with Gasteiger partial charge >= 0.3 is 5.97 Å². The first kappa shape index (κ1) is 14.1. The number of esters is 1. The first-order valence-electron chi connectivity index (χ1n) is 6.40. The molecule has 1 rings (SSSR count). The highest BCUT2D eigenvalue weighted by Crippen LogP contribution is 2.27. The molecule has 98 valence electrons. The van der Waals surface area contributed by atoms with E-state index in [0.717, 1.165) is 25.1 Å². The fraction of sp³-hybridized carbons (Fsp3) is 0.786. The molecule has 1 saturated heterocycles. The van der Waals surface area contributed by atoms with Gasteiger partial charge in [-0.2, -0.15) is 0 Å². The first-order valence-corrected chi connectivity index (χ1v) is 6.40. The topological polar surface area (TPSA) is 29.5 Å². The molecule has 1 aliphatic heterocycles. The van der Waals surface area contributed by atoms with Gasteiger partial charge in [0.1, 0.15) is 11.6 Å². The molecule has 17 heavy (non-hydrogen) atoms. The van der Waals surface area contributed by atoms with Crippen LogP contribution in [0.1, 0.15) is 47.5 Å². The Bertz CT molecular complexity index is 302. The third kappa shape index (κ3) is 3.76. The molecule has 0 aromatic rings. The summed E-state index contributed by atoms with van der Waals surface area (Å²) in [7, 11) is 0. The van der Waals surface area contributed by atoms with Crippen molar-refractivity contribution < 1.29 is 9.53 Å². The number of hydrogen-bond donors (Lipinski definition) is 0. The van der Waals surface area contributed by atoms with Crippen LogP contribution in [0.25, 0.3) is 0 Å². The van der Waals surface area contributed by atoms with Gasteiger partial charge in [-0.1, -0.05) is 20.4 Å². The zero-order valence-corrected chi connectivity index (χ0v) is 11.7. The molecule has 0 spiro atoms. The minimum Gasteiger partial charge on any atom is -0.458 e. The van der Waals surface area contributed by atoms with Gasteiger partial charge in [0.15, 0.2) is 0 Å². The van der Waals surface area contributed by atoms with Gasteiger partial charge in [0.25, 0.3) is 0 Å². The van der Waals surface area contributed by atoms with E-state index in [-0.39, 0.29) is 12.0 Å². The maximum Gasteiger partial charge on any atom is 0.329 e. The monoisotopic (exact) mass is 239 g/mol. The van der Waals surface area contributed by atoms with Gasteiger partial charge in [-0.3, -0.25) is 0 Å².